The van der Waals surface area contributed by atoms with Gasteiger partial charge in [-0.1, -0.05) is 302 Å². The summed E-state index contributed by atoms with van der Waals surface area (Å²) >= 11 is 0. The zero-order valence-electron chi connectivity index (χ0n) is 53.5. The molecule has 466 valence electrons. The van der Waals surface area contributed by atoms with E-state index in [0.717, 1.165) is 135 Å². The SMILES string of the molecule is CC/C=C\C/C=C\C/C=C\C/C=C\C/C=C\C/C=C\C/C=C\C/C=C\C/C=C\CCCCCCCCCC(=O)OCC(COC(=O)CCCCCCCCCCCCC)OC(=O)CCCCCCCCC/C=C\C/C=C\CCCCCC. The average Bonchev–Trinajstić information content (AvgIpc) is 3.47. The van der Waals surface area contributed by atoms with Crippen molar-refractivity contribution in [3.8, 4) is 0 Å². The lowest BCUT2D eigenvalue weighted by atomic mass is 10.1. The molecule has 0 bridgehead atoms. The third-order valence-electron chi connectivity index (χ3n) is 14.4. The van der Waals surface area contributed by atoms with E-state index in [1.807, 2.05) is 0 Å². The summed E-state index contributed by atoms with van der Waals surface area (Å²) in [5.41, 5.74) is 0. The van der Waals surface area contributed by atoms with E-state index in [1.54, 1.807) is 0 Å². The van der Waals surface area contributed by atoms with Gasteiger partial charge in [0.25, 0.3) is 0 Å². The third kappa shape index (κ3) is 66.4. The van der Waals surface area contributed by atoms with E-state index in [0.29, 0.717) is 19.3 Å². The van der Waals surface area contributed by atoms with Crippen molar-refractivity contribution in [2.75, 3.05) is 13.2 Å². The van der Waals surface area contributed by atoms with Crippen LogP contribution in [0.3, 0.4) is 0 Å². The molecule has 0 radical (unpaired) electrons. The molecule has 1 unspecified atom stereocenters. The molecule has 0 spiro atoms. The number of unbranched alkanes of at least 4 members (excludes halogenated alkanes) is 28. The van der Waals surface area contributed by atoms with Gasteiger partial charge in [0.1, 0.15) is 13.2 Å². The second-order valence-corrected chi connectivity index (χ2v) is 22.4. The summed E-state index contributed by atoms with van der Waals surface area (Å²) in [5, 5.41) is 0. The van der Waals surface area contributed by atoms with Gasteiger partial charge in [0.15, 0.2) is 6.10 Å². The molecular weight excluding hydrogens is 1010 g/mol. The van der Waals surface area contributed by atoms with Crippen molar-refractivity contribution in [1.29, 1.82) is 0 Å². The Morgan fingerprint density at radius 1 is 0.256 bits per heavy atom. The molecular formula is C76H126O6. The Labute approximate surface area is 506 Å². The summed E-state index contributed by atoms with van der Waals surface area (Å²) < 4.78 is 16.9. The molecule has 0 fully saturated rings. The number of hydrogen-bond donors (Lipinski definition) is 0. The van der Waals surface area contributed by atoms with Gasteiger partial charge in [-0.3, -0.25) is 14.4 Å². The van der Waals surface area contributed by atoms with E-state index in [4.69, 9.17) is 14.2 Å². The van der Waals surface area contributed by atoms with E-state index in [-0.39, 0.29) is 31.1 Å². The van der Waals surface area contributed by atoms with Crippen LogP contribution < -0.4 is 0 Å². The van der Waals surface area contributed by atoms with Crippen LogP contribution in [-0.2, 0) is 28.6 Å². The molecule has 0 aliphatic heterocycles. The van der Waals surface area contributed by atoms with Crippen molar-refractivity contribution in [2.45, 2.75) is 316 Å². The van der Waals surface area contributed by atoms with E-state index in [1.165, 1.54) is 135 Å². The van der Waals surface area contributed by atoms with Crippen LogP contribution in [-0.4, -0.2) is 37.2 Å². The molecule has 82 heavy (non-hydrogen) atoms. The van der Waals surface area contributed by atoms with E-state index >= 15 is 0 Å². The highest BCUT2D eigenvalue weighted by atomic mass is 16.6. The summed E-state index contributed by atoms with van der Waals surface area (Å²) in [6.07, 6.45) is 97.5. The fourth-order valence-electron chi connectivity index (χ4n) is 9.29. The van der Waals surface area contributed by atoms with Crippen LogP contribution in [0.4, 0.5) is 0 Å². The second-order valence-electron chi connectivity index (χ2n) is 22.4. The number of hydrogen-bond acceptors (Lipinski definition) is 6. The van der Waals surface area contributed by atoms with Crippen molar-refractivity contribution in [3.05, 3.63) is 134 Å². The molecule has 6 heteroatoms. The van der Waals surface area contributed by atoms with Crippen LogP contribution in [0.1, 0.15) is 310 Å². The lowest BCUT2D eigenvalue weighted by Crippen LogP contribution is -2.30. The highest BCUT2D eigenvalue weighted by Crippen LogP contribution is 2.16. The van der Waals surface area contributed by atoms with Gasteiger partial charge in [0.05, 0.1) is 0 Å². The molecule has 0 amide bonds. The van der Waals surface area contributed by atoms with Gasteiger partial charge in [-0.25, -0.2) is 0 Å². The summed E-state index contributed by atoms with van der Waals surface area (Å²) in [5.74, 6) is -0.899. The first-order chi connectivity index (χ1) is 40.5. The fraction of sp³-hybridized carbons (Fsp3) is 0.671. The Balaban J connectivity index is 4.26. The summed E-state index contributed by atoms with van der Waals surface area (Å²) in [6, 6.07) is 0. The van der Waals surface area contributed by atoms with Gasteiger partial charge in [-0.15, -0.1) is 0 Å². The minimum Gasteiger partial charge on any atom is -0.462 e. The number of esters is 3. The monoisotopic (exact) mass is 1130 g/mol. The average molecular weight is 1140 g/mol. The quantitative estimate of drug-likeness (QED) is 0.0261. The molecule has 1 atom stereocenters. The zero-order valence-corrected chi connectivity index (χ0v) is 53.5. The van der Waals surface area contributed by atoms with Crippen LogP contribution in [0.25, 0.3) is 0 Å². The van der Waals surface area contributed by atoms with Gasteiger partial charge < -0.3 is 14.2 Å². The molecule has 0 aromatic carbocycles. The second kappa shape index (κ2) is 69.0. The molecule has 0 saturated heterocycles. The first-order valence-corrected chi connectivity index (χ1v) is 34.2. The number of ether oxygens (including phenoxy) is 3. The molecule has 0 N–H and O–H groups in total. The van der Waals surface area contributed by atoms with Crippen molar-refractivity contribution in [1.82, 2.24) is 0 Å². The maximum absolute atomic E-state index is 12.9. The van der Waals surface area contributed by atoms with Gasteiger partial charge >= 0.3 is 17.9 Å². The normalized spacial score (nSPS) is 13.0. The molecule has 0 heterocycles. The Hall–Kier alpha value is -4.45. The zero-order chi connectivity index (χ0) is 59.2. The van der Waals surface area contributed by atoms with E-state index in [2.05, 4.69) is 154 Å². The summed E-state index contributed by atoms with van der Waals surface area (Å²) in [7, 11) is 0. The lowest BCUT2D eigenvalue weighted by Gasteiger charge is -2.18. The van der Waals surface area contributed by atoms with Crippen molar-refractivity contribution >= 4 is 17.9 Å². The van der Waals surface area contributed by atoms with E-state index in [9.17, 15) is 14.4 Å². The maximum atomic E-state index is 12.9. The highest BCUT2D eigenvalue weighted by Gasteiger charge is 2.19. The lowest BCUT2D eigenvalue weighted by molar-refractivity contribution is -0.167. The topological polar surface area (TPSA) is 78.9 Å². The fourth-order valence-corrected chi connectivity index (χ4v) is 9.29. The first-order valence-electron chi connectivity index (χ1n) is 34.2. The van der Waals surface area contributed by atoms with Gasteiger partial charge in [0.2, 0.25) is 0 Å². The molecule has 0 aromatic rings. The van der Waals surface area contributed by atoms with Crippen molar-refractivity contribution < 1.29 is 28.6 Å². The molecule has 6 nitrogen and oxygen atoms in total. The van der Waals surface area contributed by atoms with Crippen LogP contribution in [0, 0.1) is 0 Å². The predicted molar refractivity (Wildman–Crippen MR) is 357 cm³/mol. The van der Waals surface area contributed by atoms with E-state index < -0.39 is 6.10 Å². The summed E-state index contributed by atoms with van der Waals surface area (Å²) in [4.78, 5) is 38.3. The Morgan fingerprint density at radius 2 is 0.476 bits per heavy atom. The largest absolute Gasteiger partial charge is 0.462 e. The van der Waals surface area contributed by atoms with Crippen molar-refractivity contribution in [3.63, 3.8) is 0 Å². The number of carbonyl (C=O) groups excluding carboxylic acids is 3. The molecule has 0 aliphatic carbocycles. The Kier molecular flexibility index (Phi) is 65.3. The standard InChI is InChI=1S/C76H126O6/c1-4-7-10-13-16-19-22-24-26-28-30-31-32-33-34-35-36-37-38-39-40-41-42-43-44-45-46-48-49-51-54-57-60-63-66-69-75(78)81-72-73(71-80-74(77)68-65-62-59-56-53-21-18-15-12-9-6-3)82-76(79)70-67-64-61-58-55-52-50-47-29-27-25-23-20-17-14-11-8-5-2/h7,10,16,19-20,23-24,26-27,29-31,33-34,36-37,39-40,42-43,45-46,73H,4-6,8-9,11-15,17-18,21-22,25,28,32,35,38,41,44,47-72H2,1-3H3/b10-7-,19-16-,23-20-,26-24-,29-27-,31-30-,34-33-,37-36-,40-39-,43-42-,46-45-. The molecule has 0 saturated carbocycles. The number of carbonyl (C=O) groups is 3. The van der Waals surface area contributed by atoms with Crippen LogP contribution in [0.15, 0.2) is 134 Å². The number of rotatable bonds is 61. The highest BCUT2D eigenvalue weighted by molar-refractivity contribution is 5.71. The minimum absolute atomic E-state index is 0.0845. The van der Waals surface area contributed by atoms with Crippen molar-refractivity contribution in [2.24, 2.45) is 0 Å². The summed E-state index contributed by atoms with van der Waals surface area (Å²) in [6.45, 7) is 6.50. The number of allylic oxidation sites excluding steroid dienone is 22. The molecule has 0 aliphatic rings. The maximum Gasteiger partial charge on any atom is 0.306 e. The van der Waals surface area contributed by atoms with Crippen LogP contribution in [0.2, 0.25) is 0 Å². The van der Waals surface area contributed by atoms with Crippen LogP contribution >= 0.6 is 0 Å². The molecule has 0 aromatic heterocycles. The first kappa shape index (κ1) is 77.5. The third-order valence-corrected chi connectivity index (χ3v) is 14.4. The van der Waals surface area contributed by atoms with Gasteiger partial charge in [-0.05, 0) is 122 Å². The van der Waals surface area contributed by atoms with Gasteiger partial charge in [-0.2, -0.15) is 0 Å². The Morgan fingerprint density at radius 3 is 0.756 bits per heavy atom. The van der Waals surface area contributed by atoms with Gasteiger partial charge in [0, 0.05) is 19.3 Å². The minimum atomic E-state index is -0.789. The Bertz CT molecular complexity index is 1730. The van der Waals surface area contributed by atoms with Crippen LogP contribution in [0.5, 0.6) is 0 Å². The molecule has 0 rings (SSSR count). The predicted octanol–water partition coefficient (Wildman–Crippen LogP) is 23.7. The smallest absolute Gasteiger partial charge is 0.306 e.